The third kappa shape index (κ3) is 10.4. The molecule has 5 aromatic rings. The van der Waals surface area contributed by atoms with Gasteiger partial charge in [-0.15, -0.1) is 0 Å². The Morgan fingerprint density at radius 2 is 1.23 bits per heavy atom. The zero-order valence-electron chi connectivity index (χ0n) is 36.0. The van der Waals surface area contributed by atoms with Crippen LogP contribution in [0.15, 0.2) is 108 Å². The maximum atomic E-state index is 15.5. The Labute approximate surface area is 375 Å². The fraction of sp³-hybridized carbons (Fsp3) is 0.326. The number of guanidine groups is 1. The van der Waals surface area contributed by atoms with Crippen LogP contribution in [0.4, 0.5) is 64.7 Å². The van der Waals surface area contributed by atoms with E-state index >= 15 is 4.39 Å². The van der Waals surface area contributed by atoms with Gasteiger partial charge in [-0.3, -0.25) is 0 Å². The number of hydrogen-bond acceptors (Lipinski definition) is 16. The lowest BCUT2D eigenvalue weighted by molar-refractivity contribution is -0.0494. The highest BCUT2D eigenvalue weighted by Gasteiger charge is 2.34. The molecule has 1 unspecified atom stereocenters. The van der Waals surface area contributed by atoms with E-state index in [1.54, 1.807) is 25.5 Å². The van der Waals surface area contributed by atoms with Crippen molar-refractivity contribution in [3.05, 3.63) is 115 Å². The van der Waals surface area contributed by atoms with Crippen LogP contribution in [0.3, 0.4) is 0 Å². The number of benzene rings is 4. The molecule has 65 heavy (non-hydrogen) atoms. The number of piperazine rings is 3. The monoisotopic (exact) mass is 890 g/mol. The van der Waals surface area contributed by atoms with Gasteiger partial charge < -0.3 is 66.7 Å². The molecule has 1 atom stereocenters. The van der Waals surface area contributed by atoms with E-state index in [0.717, 1.165) is 113 Å². The van der Waals surface area contributed by atoms with E-state index in [2.05, 4.69) is 79.3 Å². The molecule has 340 valence electrons. The van der Waals surface area contributed by atoms with Gasteiger partial charge in [-0.05, 0) is 78.9 Å². The number of nitrogens with zero attached hydrogens (tertiary/aromatic N) is 6. The summed E-state index contributed by atoms with van der Waals surface area (Å²) in [5, 5.41) is 26.2. The van der Waals surface area contributed by atoms with Crippen molar-refractivity contribution in [3.8, 4) is 11.5 Å². The van der Waals surface area contributed by atoms with Crippen molar-refractivity contribution < 1.29 is 22.6 Å². The maximum Gasteiger partial charge on any atom is 0.387 e. The fourth-order valence-electron chi connectivity index (χ4n) is 8.29. The van der Waals surface area contributed by atoms with E-state index in [9.17, 15) is 8.78 Å². The summed E-state index contributed by atoms with van der Waals surface area (Å²) in [5.74, 6) is -0.337. The van der Waals surface area contributed by atoms with Crippen molar-refractivity contribution in [1.29, 1.82) is 0 Å². The van der Waals surface area contributed by atoms with E-state index in [-0.39, 0.29) is 23.2 Å². The highest BCUT2D eigenvalue weighted by atomic mass is 19.3. The Kier molecular flexibility index (Phi) is 13.2. The number of methoxy groups -OCH3 is 1. The zero-order chi connectivity index (χ0) is 44.6. The molecular formula is C46H53F3N14O2. The number of rotatable bonds is 14. The van der Waals surface area contributed by atoms with Crippen molar-refractivity contribution in [2.24, 2.45) is 4.99 Å². The molecule has 0 amide bonds. The molecule has 4 aromatic carbocycles. The molecule has 1 aromatic heterocycles. The highest BCUT2D eigenvalue weighted by Crippen LogP contribution is 2.39. The first-order chi connectivity index (χ1) is 31.8. The van der Waals surface area contributed by atoms with Gasteiger partial charge in [0.1, 0.15) is 11.5 Å². The number of hydrogen-bond donors (Lipinski definition) is 8. The Morgan fingerprint density at radius 3 is 1.85 bits per heavy atom. The molecule has 3 fully saturated rings. The summed E-state index contributed by atoms with van der Waals surface area (Å²) in [6.07, 6.45) is 4.54. The van der Waals surface area contributed by atoms with Crippen LogP contribution in [0.1, 0.15) is 5.56 Å². The minimum atomic E-state index is -3.20. The van der Waals surface area contributed by atoms with E-state index in [1.807, 2.05) is 54.6 Å². The second kappa shape index (κ2) is 19.8. The SMILES string of the molecule is COc1cc(N2CCNCC2)ccc1Nc1ncc(F)c(Nc2ccc(C3(Nc4ccc(N5CCNCC5)cc4)C=CNC(Nc4ccc(N5CCNCC5)cc4)=N3)cc2OC(F)F)n1. The quantitative estimate of drug-likeness (QED) is 0.0676. The maximum absolute atomic E-state index is 15.5. The number of aromatic nitrogens is 2. The molecule has 5 heterocycles. The molecular weight excluding hydrogens is 838 g/mol. The van der Waals surface area contributed by atoms with Gasteiger partial charge >= 0.3 is 6.61 Å². The summed E-state index contributed by atoms with van der Waals surface area (Å²) < 4.78 is 54.7. The third-order valence-corrected chi connectivity index (χ3v) is 11.7. The summed E-state index contributed by atoms with van der Waals surface area (Å²) >= 11 is 0. The molecule has 8 N–H and O–H groups in total. The van der Waals surface area contributed by atoms with Gasteiger partial charge in [0.25, 0.3) is 0 Å². The Bertz CT molecular complexity index is 2460. The van der Waals surface area contributed by atoms with Crippen molar-refractivity contribution in [1.82, 2.24) is 31.2 Å². The number of anilines is 9. The minimum Gasteiger partial charge on any atom is -0.494 e. The van der Waals surface area contributed by atoms with Gasteiger partial charge in [0.2, 0.25) is 11.9 Å². The van der Waals surface area contributed by atoms with Gasteiger partial charge in [-0.1, -0.05) is 6.07 Å². The minimum absolute atomic E-state index is 0.0379. The smallest absolute Gasteiger partial charge is 0.387 e. The number of nitrogens with one attached hydrogen (secondary N) is 8. The molecule has 0 aliphatic carbocycles. The van der Waals surface area contributed by atoms with Crippen LogP contribution in [0, 0.1) is 5.82 Å². The number of ether oxygens (including phenoxy) is 2. The van der Waals surface area contributed by atoms with Crippen LogP contribution >= 0.6 is 0 Å². The molecule has 3 saturated heterocycles. The van der Waals surface area contributed by atoms with Crippen LogP contribution in [0.5, 0.6) is 11.5 Å². The predicted molar refractivity (Wildman–Crippen MR) is 251 cm³/mol. The fourth-order valence-corrected chi connectivity index (χ4v) is 8.29. The third-order valence-electron chi connectivity index (χ3n) is 11.7. The summed E-state index contributed by atoms with van der Waals surface area (Å²) in [7, 11) is 1.56. The van der Waals surface area contributed by atoms with Crippen molar-refractivity contribution in [2.75, 3.05) is 122 Å². The van der Waals surface area contributed by atoms with Crippen LogP contribution in [-0.2, 0) is 5.66 Å². The second-order valence-electron chi connectivity index (χ2n) is 15.9. The molecule has 0 saturated carbocycles. The summed E-state index contributed by atoms with van der Waals surface area (Å²) in [6, 6.07) is 26.6. The van der Waals surface area contributed by atoms with E-state index in [4.69, 9.17) is 14.5 Å². The number of alkyl halides is 2. The normalized spacial score (nSPS) is 18.7. The van der Waals surface area contributed by atoms with Crippen molar-refractivity contribution >= 4 is 57.5 Å². The van der Waals surface area contributed by atoms with Gasteiger partial charge in [0.15, 0.2) is 17.3 Å². The first-order valence-corrected chi connectivity index (χ1v) is 21.8. The zero-order valence-corrected chi connectivity index (χ0v) is 36.0. The summed E-state index contributed by atoms with van der Waals surface area (Å²) in [5.41, 5.74) is 4.46. The van der Waals surface area contributed by atoms with Crippen LogP contribution in [0.25, 0.3) is 0 Å². The van der Waals surface area contributed by atoms with E-state index in [0.29, 0.717) is 23.0 Å². The molecule has 16 nitrogen and oxygen atoms in total. The predicted octanol–water partition coefficient (Wildman–Crippen LogP) is 5.79. The first-order valence-electron chi connectivity index (χ1n) is 21.8. The first kappa shape index (κ1) is 43.3. The topological polar surface area (TPSA) is 163 Å². The molecule has 4 aliphatic rings. The lowest BCUT2D eigenvalue weighted by Crippen LogP contribution is -2.43. The van der Waals surface area contributed by atoms with Gasteiger partial charge in [0, 0.05) is 125 Å². The van der Waals surface area contributed by atoms with Gasteiger partial charge in [-0.25, -0.2) is 14.4 Å². The van der Waals surface area contributed by atoms with Crippen molar-refractivity contribution in [2.45, 2.75) is 12.3 Å². The lowest BCUT2D eigenvalue weighted by Gasteiger charge is -2.34. The number of aliphatic imine (C=N–C) groups is 1. The average Bonchev–Trinajstić information content (AvgIpc) is 3.34. The Hall–Kier alpha value is -6.96. The molecule has 0 radical (unpaired) electrons. The molecule has 9 rings (SSSR count). The molecule has 4 aliphatic heterocycles. The van der Waals surface area contributed by atoms with Crippen LogP contribution in [0.2, 0.25) is 0 Å². The molecule has 19 heteroatoms. The highest BCUT2D eigenvalue weighted by molar-refractivity contribution is 5.95. The summed E-state index contributed by atoms with van der Waals surface area (Å²) in [6.45, 7) is 7.59. The standard InChI is InChI=1S/C46H53F3N14O2/c1-64-40-29-36(63-26-20-52-21-27-63)11-13-38(40)57-44-54-30-37(47)42(58-44)56-39-12-2-31(28-41(39)65-43(48)49)46(59-33-5-9-35(10-6-33)62-24-18-51-19-25-62)14-15-53-45(60-46)55-32-3-7-34(8-4-32)61-22-16-50-17-23-61/h2-15,28-30,43,50-52,59H,16-27H2,1H3,(H2,53,55,60)(H2,54,56,57,58). The Morgan fingerprint density at radius 1 is 0.662 bits per heavy atom. The molecule has 0 spiro atoms. The van der Waals surface area contributed by atoms with Gasteiger partial charge in [0.05, 0.1) is 24.7 Å². The largest absolute Gasteiger partial charge is 0.494 e. The van der Waals surface area contributed by atoms with Crippen LogP contribution in [-0.4, -0.2) is 108 Å². The summed E-state index contributed by atoms with van der Waals surface area (Å²) in [4.78, 5) is 20.6. The Balaban J connectivity index is 1.01. The van der Waals surface area contributed by atoms with Gasteiger partial charge in [-0.2, -0.15) is 13.8 Å². The van der Waals surface area contributed by atoms with E-state index < -0.39 is 18.1 Å². The van der Waals surface area contributed by atoms with E-state index in [1.165, 1.54) is 12.1 Å². The average molecular weight is 891 g/mol. The molecule has 0 bridgehead atoms. The van der Waals surface area contributed by atoms with Crippen molar-refractivity contribution in [3.63, 3.8) is 0 Å². The lowest BCUT2D eigenvalue weighted by atomic mass is 9.97. The second-order valence-corrected chi connectivity index (χ2v) is 15.9. The number of halogens is 3. The van der Waals surface area contributed by atoms with Crippen LogP contribution < -0.4 is 66.7 Å².